The summed E-state index contributed by atoms with van der Waals surface area (Å²) >= 11 is 0. The van der Waals surface area contributed by atoms with Gasteiger partial charge in [-0.25, -0.2) is 0 Å². The summed E-state index contributed by atoms with van der Waals surface area (Å²) in [4.78, 5) is 11.6. The lowest BCUT2D eigenvalue weighted by Gasteiger charge is -2.04. The molecule has 0 fully saturated rings. The minimum Gasteiger partial charge on any atom is -0.385 e. The number of unbranched alkanes of at least 4 members (excludes halogenated alkanes) is 1. The number of aryl methyl sites for hydroxylation is 1. The van der Waals surface area contributed by atoms with Gasteiger partial charge in [-0.1, -0.05) is 0 Å². The number of pyridine rings is 1. The third kappa shape index (κ3) is 3.22. The van der Waals surface area contributed by atoms with Gasteiger partial charge in [-0.05, 0) is 25.0 Å². The van der Waals surface area contributed by atoms with Crippen molar-refractivity contribution in [3.05, 3.63) is 34.2 Å². The largest absolute Gasteiger partial charge is 0.385 e. The van der Waals surface area contributed by atoms with Crippen LogP contribution in [-0.2, 0) is 11.3 Å². The van der Waals surface area contributed by atoms with E-state index in [-0.39, 0.29) is 11.1 Å². The van der Waals surface area contributed by atoms with E-state index >= 15 is 0 Å². The minimum atomic E-state index is -0.211. The first-order valence-corrected chi connectivity index (χ1v) is 4.88. The molecule has 80 valence electrons. The van der Waals surface area contributed by atoms with Crippen LogP contribution in [0.25, 0.3) is 0 Å². The molecule has 15 heavy (non-hydrogen) atoms. The van der Waals surface area contributed by atoms with Gasteiger partial charge >= 0.3 is 0 Å². The molecule has 0 aliphatic rings. The molecule has 0 saturated heterocycles. The fourth-order valence-corrected chi connectivity index (χ4v) is 1.33. The number of ether oxygens (including phenoxy) is 1. The lowest BCUT2D eigenvalue weighted by atomic mass is 10.3. The Labute approximate surface area is 88.7 Å². The van der Waals surface area contributed by atoms with Gasteiger partial charge in [0, 0.05) is 26.5 Å². The van der Waals surface area contributed by atoms with Crippen molar-refractivity contribution in [1.29, 1.82) is 5.26 Å². The predicted octanol–water partition coefficient (Wildman–Crippen LogP) is 1.15. The minimum absolute atomic E-state index is 0.198. The Morgan fingerprint density at radius 3 is 3.00 bits per heavy atom. The van der Waals surface area contributed by atoms with E-state index in [1.807, 2.05) is 6.07 Å². The molecule has 0 atom stereocenters. The third-order valence-corrected chi connectivity index (χ3v) is 2.14. The summed E-state index contributed by atoms with van der Waals surface area (Å²) in [5.41, 5.74) is -0.0124. The fraction of sp³-hybridized carbons (Fsp3) is 0.455. The van der Waals surface area contributed by atoms with Crippen LogP contribution in [0.4, 0.5) is 0 Å². The second kappa shape index (κ2) is 5.99. The van der Waals surface area contributed by atoms with Crippen LogP contribution < -0.4 is 5.56 Å². The van der Waals surface area contributed by atoms with E-state index in [2.05, 4.69) is 0 Å². The van der Waals surface area contributed by atoms with Crippen molar-refractivity contribution in [2.24, 2.45) is 0 Å². The molecule has 0 amide bonds. The second-order valence-corrected chi connectivity index (χ2v) is 3.23. The maximum absolute atomic E-state index is 11.6. The highest BCUT2D eigenvalue weighted by Crippen LogP contribution is 1.95. The molecule has 0 N–H and O–H groups in total. The highest BCUT2D eigenvalue weighted by atomic mass is 16.5. The molecule has 0 saturated carbocycles. The average Bonchev–Trinajstić information content (AvgIpc) is 2.26. The Morgan fingerprint density at radius 2 is 2.33 bits per heavy atom. The zero-order valence-corrected chi connectivity index (χ0v) is 8.77. The first kappa shape index (κ1) is 11.5. The summed E-state index contributed by atoms with van der Waals surface area (Å²) < 4.78 is 6.48. The average molecular weight is 206 g/mol. The molecule has 0 aromatic carbocycles. The van der Waals surface area contributed by atoms with Crippen LogP contribution in [0.15, 0.2) is 23.1 Å². The van der Waals surface area contributed by atoms with Crippen molar-refractivity contribution in [2.75, 3.05) is 13.7 Å². The smallest absolute Gasteiger partial charge is 0.268 e. The molecule has 0 aliphatic heterocycles. The van der Waals surface area contributed by atoms with Gasteiger partial charge in [0.15, 0.2) is 0 Å². The fourth-order valence-electron chi connectivity index (χ4n) is 1.33. The van der Waals surface area contributed by atoms with Gasteiger partial charge in [-0.3, -0.25) is 4.79 Å². The van der Waals surface area contributed by atoms with Crippen LogP contribution in [0, 0.1) is 11.3 Å². The number of nitriles is 1. The molecule has 1 aromatic rings. The number of rotatable bonds is 5. The van der Waals surface area contributed by atoms with Gasteiger partial charge in [0.1, 0.15) is 11.6 Å². The van der Waals surface area contributed by atoms with Crippen LogP contribution in [0.5, 0.6) is 0 Å². The molecule has 0 bridgehead atoms. The van der Waals surface area contributed by atoms with Crippen molar-refractivity contribution in [3.63, 3.8) is 0 Å². The Kier molecular flexibility index (Phi) is 4.58. The molecule has 0 aliphatic carbocycles. The maximum Gasteiger partial charge on any atom is 0.268 e. The Morgan fingerprint density at radius 1 is 1.53 bits per heavy atom. The summed E-state index contributed by atoms with van der Waals surface area (Å²) in [6, 6.07) is 5.13. The monoisotopic (exact) mass is 206 g/mol. The van der Waals surface area contributed by atoms with Gasteiger partial charge in [-0.2, -0.15) is 5.26 Å². The van der Waals surface area contributed by atoms with Gasteiger partial charge < -0.3 is 9.30 Å². The van der Waals surface area contributed by atoms with Crippen molar-refractivity contribution < 1.29 is 4.74 Å². The number of hydrogen-bond acceptors (Lipinski definition) is 3. The molecule has 1 aromatic heterocycles. The summed E-state index contributed by atoms with van der Waals surface area (Å²) in [7, 11) is 1.66. The van der Waals surface area contributed by atoms with Crippen molar-refractivity contribution in [3.8, 4) is 6.07 Å². The van der Waals surface area contributed by atoms with Crippen LogP contribution >= 0.6 is 0 Å². The zero-order chi connectivity index (χ0) is 11.1. The van der Waals surface area contributed by atoms with Crippen molar-refractivity contribution in [1.82, 2.24) is 4.57 Å². The van der Waals surface area contributed by atoms with Crippen molar-refractivity contribution in [2.45, 2.75) is 19.4 Å². The molecule has 1 heterocycles. The summed E-state index contributed by atoms with van der Waals surface area (Å²) in [5, 5.41) is 8.67. The van der Waals surface area contributed by atoms with Gasteiger partial charge in [0.25, 0.3) is 5.56 Å². The van der Waals surface area contributed by atoms with Crippen LogP contribution in [0.1, 0.15) is 18.4 Å². The standard InChI is InChI=1S/C11H14N2O2/c1-15-8-3-2-6-13-7-4-5-10(9-12)11(13)14/h4-5,7H,2-3,6,8H2,1H3. The molecule has 0 radical (unpaired) electrons. The van der Waals surface area contributed by atoms with Crippen molar-refractivity contribution >= 4 is 0 Å². The van der Waals surface area contributed by atoms with Gasteiger partial charge in [0.2, 0.25) is 0 Å². The van der Waals surface area contributed by atoms with E-state index in [9.17, 15) is 4.79 Å². The Balaban J connectivity index is 2.63. The lowest BCUT2D eigenvalue weighted by molar-refractivity contribution is 0.191. The first-order chi connectivity index (χ1) is 7.29. The summed E-state index contributed by atoms with van der Waals surface area (Å²) in [6.45, 7) is 1.34. The molecule has 0 unspecified atom stereocenters. The Bertz CT molecular complexity index is 404. The quantitative estimate of drug-likeness (QED) is 0.679. The van der Waals surface area contributed by atoms with Gasteiger partial charge in [0.05, 0.1) is 0 Å². The highest BCUT2D eigenvalue weighted by Gasteiger charge is 2.00. The molecule has 4 heteroatoms. The van der Waals surface area contributed by atoms with E-state index in [1.54, 1.807) is 23.9 Å². The molecule has 0 spiro atoms. The van der Waals surface area contributed by atoms with E-state index in [0.29, 0.717) is 13.2 Å². The number of hydrogen-bond donors (Lipinski definition) is 0. The van der Waals surface area contributed by atoms with Crippen LogP contribution in [0.3, 0.4) is 0 Å². The third-order valence-electron chi connectivity index (χ3n) is 2.14. The number of nitrogens with zero attached hydrogens (tertiary/aromatic N) is 2. The Hall–Kier alpha value is -1.60. The number of aromatic nitrogens is 1. The van der Waals surface area contributed by atoms with E-state index in [4.69, 9.17) is 10.00 Å². The number of methoxy groups -OCH3 is 1. The lowest BCUT2D eigenvalue weighted by Crippen LogP contribution is -2.21. The summed E-state index contributed by atoms with van der Waals surface area (Å²) in [5.74, 6) is 0. The second-order valence-electron chi connectivity index (χ2n) is 3.23. The predicted molar refractivity (Wildman–Crippen MR) is 56.5 cm³/mol. The van der Waals surface area contributed by atoms with Crippen LogP contribution in [0.2, 0.25) is 0 Å². The van der Waals surface area contributed by atoms with E-state index < -0.39 is 0 Å². The zero-order valence-electron chi connectivity index (χ0n) is 8.77. The maximum atomic E-state index is 11.6. The van der Waals surface area contributed by atoms with Crippen LogP contribution in [-0.4, -0.2) is 18.3 Å². The topological polar surface area (TPSA) is 55.0 Å². The normalized spacial score (nSPS) is 9.87. The van der Waals surface area contributed by atoms with Gasteiger partial charge in [-0.15, -0.1) is 0 Å². The molecular formula is C11H14N2O2. The SMILES string of the molecule is COCCCCn1cccc(C#N)c1=O. The molecular weight excluding hydrogens is 192 g/mol. The van der Waals surface area contributed by atoms with E-state index in [1.165, 1.54) is 6.07 Å². The van der Waals surface area contributed by atoms with E-state index in [0.717, 1.165) is 12.8 Å². The first-order valence-electron chi connectivity index (χ1n) is 4.88. The highest BCUT2D eigenvalue weighted by molar-refractivity contribution is 5.24. The molecule has 1 rings (SSSR count). The molecule has 4 nitrogen and oxygen atoms in total. The summed E-state index contributed by atoms with van der Waals surface area (Å²) in [6.07, 6.45) is 3.50.